The summed E-state index contributed by atoms with van der Waals surface area (Å²) in [6.07, 6.45) is 5.37. The second-order valence-electron chi connectivity index (χ2n) is 13.9. The van der Waals surface area contributed by atoms with Gasteiger partial charge in [-0.05, 0) is 53.4 Å². The molecule has 2 unspecified atom stereocenters. The van der Waals surface area contributed by atoms with E-state index in [2.05, 4.69) is 24.3 Å². The number of aliphatic hydroxyl groups is 2. The Hall–Kier alpha value is -2.04. The molecule has 0 aromatic carbocycles. The molecule has 2 aromatic heterocycles. The van der Waals surface area contributed by atoms with Crippen LogP contribution in [0.1, 0.15) is 117 Å². The molecule has 4 aliphatic rings. The molecular weight excluding hydrogens is 596 g/mol. The Bertz CT molecular complexity index is 1220. The fourth-order valence-corrected chi connectivity index (χ4v) is 7.28. The summed E-state index contributed by atoms with van der Waals surface area (Å²) in [5, 5.41) is 39.3. The first-order valence-electron chi connectivity index (χ1n) is 17.2. The summed E-state index contributed by atoms with van der Waals surface area (Å²) in [5.74, 6) is -1.69. The minimum Gasteiger partial charge on any atom is -0.394 e. The predicted molar refractivity (Wildman–Crippen MR) is 164 cm³/mol. The average molecular weight is 649 g/mol. The predicted octanol–water partition coefficient (Wildman–Crippen LogP) is 3.60. The lowest BCUT2D eigenvalue weighted by molar-refractivity contribution is -0.202. The third kappa shape index (κ3) is 6.51. The van der Waals surface area contributed by atoms with Crippen LogP contribution in [0.25, 0.3) is 11.4 Å². The number of ether oxygens (including phenoxy) is 6. The first-order valence-corrected chi connectivity index (χ1v) is 17.2. The summed E-state index contributed by atoms with van der Waals surface area (Å²) in [4.78, 5) is 0. The molecule has 6 heterocycles. The Labute approximate surface area is 271 Å². The van der Waals surface area contributed by atoms with Crippen LogP contribution >= 0.6 is 0 Å². The number of nitrogens with zero attached hydrogens (tertiary/aromatic N) is 6. The average Bonchev–Trinajstić information content (AvgIpc) is 3.84. The molecule has 258 valence electrons. The maximum atomic E-state index is 10.2. The standard InChI is InChI=1S/C32H52N6O8/c1-7-9-11-13-15-19-23(37(35-33-19)29-27-25(21(17-39)41-29)43-31(3,4)45-27)24-20(16-14-12-10-8-2)34-36-38(24)30-28-26(22(18-40)42-30)44-32(5,6)46-28/h21-22,25-30,39-40H,7-18H2,1-6H3/t21-,22-,25-,26-,27-,28-,29?,30?/m1/s1. The molecule has 6 rings (SSSR count). The highest BCUT2D eigenvalue weighted by Gasteiger charge is 2.58. The highest BCUT2D eigenvalue weighted by molar-refractivity contribution is 5.61. The van der Waals surface area contributed by atoms with E-state index in [4.69, 9.17) is 38.6 Å². The van der Waals surface area contributed by atoms with Crippen LogP contribution in [0.2, 0.25) is 0 Å². The molecule has 0 saturated carbocycles. The van der Waals surface area contributed by atoms with E-state index in [1.165, 1.54) is 0 Å². The van der Waals surface area contributed by atoms with E-state index in [1.54, 1.807) is 9.36 Å². The summed E-state index contributed by atoms with van der Waals surface area (Å²) >= 11 is 0. The molecule has 0 amide bonds. The molecule has 0 bridgehead atoms. The maximum Gasteiger partial charge on any atom is 0.182 e. The van der Waals surface area contributed by atoms with Gasteiger partial charge in [0.15, 0.2) is 24.0 Å². The first kappa shape index (κ1) is 33.8. The van der Waals surface area contributed by atoms with Crippen molar-refractivity contribution >= 4 is 0 Å². The Morgan fingerprint density at radius 3 is 1.35 bits per heavy atom. The number of aliphatic hydroxyl groups excluding tert-OH is 2. The fourth-order valence-electron chi connectivity index (χ4n) is 7.28. The minimum atomic E-state index is -0.846. The quantitative estimate of drug-likeness (QED) is 0.271. The molecule has 2 aromatic rings. The van der Waals surface area contributed by atoms with Gasteiger partial charge < -0.3 is 38.6 Å². The zero-order chi connectivity index (χ0) is 32.6. The molecular formula is C32H52N6O8. The summed E-state index contributed by atoms with van der Waals surface area (Å²) in [6, 6.07) is 0. The Balaban J connectivity index is 1.45. The van der Waals surface area contributed by atoms with E-state index in [0.29, 0.717) is 12.8 Å². The van der Waals surface area contributed by atoms with Gasteiger partial charge in [-0.1, -0.05) is 62.8 Å². The number of hydrogen-bond donors (Lipinski definition) is 2. The third-order valence-electron chi connectivity index (χ3n) is 9.38. The van der Waals surface area contributed by atoms with Crippen molar-refractivity contribution < 1.29 is 38.6 Å². The lowest BCUT2D eigenvalue weighted by Crippen LogP contribution is -2.31. The molecule has 0 aliphatic carbocycles. The Morgan fingerprint density at radius 1 is 0.587 bits per heavy atom. The van der Waals surface area contributed by atoms with Crippen LogP contribution in [0.3, 0.4) is 0 Å². The minimum absolute atomic E-state index is 0.220. The van der Waals surface area contributed by atoms with Gasteiger partial charge in [-0.3, -0.25) is 0 Å². The van der Waals surface area contributed by atoms with Crippen LogP contribution in [0.4, 0.5) is 0 Å². The van der Waals surface area contributed by atoms with Crippen molar-refractivity contribution in [1.82, 2.24) is 30.0 Å². The van der Waals surface area contributed by atoms with Crippen LogP contribution in [0.15, 0.2) is 0 Å². The number of hydrogen-bond acceptors (Lipinski definition) is 12. The topological polar surface area (TPSA) is 157 Å². The highest BCUT2D eigenvalue weighted by atomic mass is 16.8. The van der Waals surface area contributed by atoms with Gasteiger partial charge >= 0.3 is 0 Å². The van der Waals surface area contributed by atoms with Crippen molar-refractivity contribution in [3.05, 3.63) is 11.4 Å². The van der Waals surface area contributed by atoms with Crippen LogP contribution in [0, 0.1) is 0 Å². The van der Waals surface area contributed by atoms with E-state index in [-0.39, 0.29) is 13.2 Å². The summed E-state index contributed by atoms with van der Waals surface area (Å²) in [5.41, 5.74) is 3.07. The van der Waals surface area contributed by atoms with Crippen molar-refractivity contribution in [2.45, 2.75) is 166 Å². The van der Waals surface area contributed by atoms with Gasteiger partial charge in [0, 0.05) is 0 Å². The van der Waals surface area contributed by atoms with Gasteiger partial charge in [0.05, 0.1) is 24.6 Å². The summed E-state index contributed by atoms with van der Waals surface area (Å²) in [7, 11) is 0. The first-order chi connectivity index (χ1) is 22.1. The smallest absolute Gasteiger partial charge is 0.182 e. The molecule has 4 aliphatic heterocycles. The molecule has 4 fully saturated rings. The van der Waals surface area contributed by atoms with Gasteiger partial charge in [-0.25, -0.2) is 9.36 Å². The summed E-state index contributed by atoms with van der Waals surface area (Å²) < 4.78 is 41.4. The number of rotatable bonds is 15. The Kier molecular flexibility index (Phi) is 10.2. The molecule has 8 atom stereocenters. The molecule has 2 N–H and O–H groups in total. The van der Waals surface area contributed by atoms with Crippen molar-refractivity contribution in [2.24, 2.45) is 0 Å². The Morgan fingerprint density at radius 2 is 0.978 bits per heavy atom. The number of unbranched alkanes of at least 4 members (excludes halogenated alkanes) is 6. The largest absolute Gasteiger partial charge is 0.394 e. The van der Waals surface area contributed by atoms with Crippen molar-refractivity contribution in [1.29, 1.82) is 0 Å². The zero-order valence-electron chi connectivity index (χ0n) is 28.1. The van der Waals surface area contributed by atoms with Gasteiger partial charge in [-0.15, -0.1) is 10.2 Å². The molecule has 14 nitrogen and oxygen atoms in total. The second-order valence-corrected chi connectivity index (χ2v) is 13.9. The van der Waals surface area contributed by atoms with Crippen molar-refractivity contribution in [3.63, 3.8) is 0 Å². The molecule has 0 spiro atoms. The van der Waals surface area contributed by atoms with Crippen LogP contribution in [-0.4, -0.2) is 102 Å². The molecule has 0 radical (unpaired) electrons. The SMILES string of the molecule is CCCCCCc1nnn(C2O[C@H](CO)[C@H]3OC(C)(C)O[C@@H]23)c1-c1c(CCCCCC)nnn1C1O[C@H](CO)[C@H]2OC(C)(C)O[C@@H]12. The van der Waals surface area contributed by atoms with Crippen LogP contribution < -0.4 is 0 Å². The van der Waals surface area contributed by atoms with Crippen molar-refractivity contribution in [2.75, 3.05) is 13.2 Å². The van der Waals surface area contributed by atoms with E-state index in [1.807, 2.05) is 27.7 Å². The third-order valence-corrected chi connectivity index (χ3v) is 9.38. The normalized spacial score (nSPS) is 32.8. The zero-order valence-corrected chi connectivity index (χ0v) is 28.1. The highest BCUT2D eigenvalue weighted by Crippen LogP contribution is 2.47. The summed E-state index contributed by atoms with van der Waals surface area (Å²) in [6.45, 7) is 11.4. The molecule has 46 heavy (non-hydrogen) atoms. The molecule has 14 heteroatoms. The lowest BCUT2D eigenvalue weighted by Gasteiger charge is -2.26. The van der Waals surface area contributed by atoms with Gasteiger partial charge in [0.25, 0.3) is 0 Å². The van der Waals surface area contributed by atoms with E-state index in [0.717, 1.165) is 74.1 Å². The van der Waals surface area contributed by atoms with Crippen LogP contribution in [-0.2, 0) is 41.3 Å². The van der Waals surface area contributed by atoms with E-state index >= 15 is 0 Å². The lowest BCUT2D eigenvalue weighted by atomic mass is 10.0. The monoisotopic (exact) mass is 648 g/mol. The van der Waals surface area contributed by atoms with Gasteiger partial charge in [-0.2, -0.15) is 0 Å². The van der Waals surface area contributed by atoms with E-state index < -0.39 is 60.7 Å². The number of aryl methyl sites for hydroxylation is 2. The van der Waals surface area contributed by atoms with E-state index in [9.17, 15) is 10.2 Å². The maximum absolute atomic E-state index is 10.2. The second kappa shape index (κ2) is 13.8. The van der Waals surface area contributed by atoms with Gasteiger partial charge in [0.1, 0.15) is 48.0 Å². The number of aromatic nitrogens is 6. The molecule has 4 saturated heterocycles. The van der Waals surface area contributed by atoms with Crippen LogP contribution in [0.5, 0.6) is 0 Å². The fraction of sp³-hybridized carbons (Fsp3) is 0.875. The van der Waals surface area contributed by atoms with Gasteiger partial charge in [0.2, 0.25) is 0 Å². The number of fused-ring (bicyclic) bond motifs is 2. The van der Waals surface area contributed by atoms with Crippen molar-refractivity contribution in [3.8, 4) is 11.4 Å².